The second-order valence-corrected chi connectivity index (χ2v) is 13.6. The monoisotopic (exact) mass is 713 g/mol. The summed E-state index contributed by atoms with van der Waals surface area (Å²) in [7, 11) is 0. The number of carbonyl (C=O) groups excluding carboxylic acids is 3. The van der Waals surface area contributed by atoms with Gasteiger partial charge < -0.3 is 14.2 Å². The maximum Gasteiger partial charge on any atom is 0.306 e. The van der Waals surface area contributed by atoms with Gasteiger partial charge in [-0.2, -0.15) is 0 Å². The Morgan fingerprint density at radius 1 is 0.412 bits per heavy atom. The number of allylic oxidation sites excluding steroid dienone is 10. The fourth-order valence-corrected chi connectivity index (χ4v) is 5.45. The number of ether oxygens (including phenoxy) is 3. The molecule has 0 radical (unpaired) electrons. The first kappa shape index (κ1) is 48.1. The summed E-state index contributed by atoms with van der Waals surface area (Å²) in [5.74, 6) is -0.981. The summed E-state index contributed by atoms with van der Waals surface area (Å²) in [6.07, 6.45) is 46.4. The van der Waals surface area contributed by atoms with Crippen molar-refractivity contribution in [2.45, 2.75) is 194 Å². The zero-order valence-electron chi connectivity index (χ0n) is 33.1. The zero-order chi connectivity index (χ0) is 37.3. The van der Waals surface area contributed by atoms with Gasteiger partial charge in [0.25, 0.3) is 0 Å². The second kappa shape index (κ2) is 39.9. The molecule has 0 N–H and O–H groups in total. The minimum atomic E-state index is -0.795. The van der Waals surface area contributed by atoms with Gasteiger partial charge in [-0.15, -0.1) is 0 Å². The first-order valence-electron chi connectivity index (χ1n) is 20.8. The summed E-state index contributed by atoms with van der Waals surface area (Å²) in [4.78, 5) is 37.5. The van der Waals surface area contributed by atoms with E-state index < -0.39 is 6.10 Å². The maximum atomic E-state index is 12.6. The number of esters is 3. The molecule has 6 nitrogen and oxygen atoms in total. The number of unbranched alkanes of at least 4 members (excludes halogenated alkanes) is 18. The van der Waals surface area contributed by atoms with Crippen LogP contribution in [0.4, 0.5) is 0 Å². The Labute approximate surface area is 313 Å². The van der Waals surface area contributed by atoms with Gasteiger partial charge in [0.2, 0.25) is 0 Å². The third kappa shape index (κ3) is 38.2. The van der Waals surface area contributed by atoms with Crippen molar-refractivity contribution in [1.29, 1.82) is 0 Å². The van der Waals surface area contributed by atoms with E-state index in [0.717, 1.165) is 64.2 Å². The molecule has 0 aliphatic heterocycles. The van der Waals surface area contributed by atoms with Gasteiger partial charge in [0.05, 0.1) is 0 Å². The molecule has 0 aromatic rings. The zero-order valence-corrected chi connectivity index (χ0v) is 33.1. The van der Waals surface area contributed by atoms with Crippen LogP contribution in [0.25, 0.3) is 0 Å². The fraction of sp³-hybridized carbons (Fsp3) is 0.711. The van der Waals surface area contributed by atoms with Gasteiger partial charge in [-0.25, -0.2) is 0 Å². The third-order valence-corrected chi connectivity index (χ3v) is 8.60. The van der Waals surface area contributed by atoms with E-state index in [1.165, 1.54) is 77.0 Å². The number of rotatable bonds is 36. The van der Waals surface area contributed by atoms with Crippen molar-refractivity contribution in [1.82, 2.24) is 0 Å². The van der Waals surface area contributed by atoms with E-state index in [1.54, 1.807) is 0 Å². The second-order valence-electron chi connectivity index (χ2n) is 13.6. The van der Waals surface area contributed by atoms with E-state index in [0.29, 0.717) is 25.7 Å². The molecular weight excluding hydrogens is 636 g/mol. The molecule has 0 saturated carbocycles. The SMILES string of the molecule is CC\C=C/C=C\C=C/C=C\CCCCCC(=O)OCC(COC(=O)CCC/C=C\CCCCCC)OC(=O)CCCCCCCCCCCCC. The van der Waals surface area contributed by atoms with E-state index in [9.17, 15) is 14.4 Å². The largest absolute Gasteiger partial charge is 0.462 e. The van der Waals surface area contributed by atoms with Crippen LogP contribution in [-0.2, 0) is 28.6 Å². The van der Waals surface area contributed by atoms with Gasteiger partial charge in [0, 0.05) is 19.3 Å². The van der Waals surface area contributed by atoms with Crippen molar-refractivity contribution in [2.24, 2.45) is 0 Å². The Kier molecular flexibility index (Phi) is 37.6. The van der Waals surface area contributed by atoms with Crippen LogP contribution in [0, 0.1) is 0 Å². The van der Waals surface area contributed by atoms with E-state index in [2.05, 4.69) is 45.1 Å². The standard InChI is InChI=1S/C45H76O6/c1-4-7-10-13-16-19-21-22-24-26-29-32-35-38-44(47)50-41-42(40-49-43(46)37-34-31-28-25-18-15-12-9-6-3)51-45(48)39-36-33-30-27-23-20-17-14-11-8-5-2/h7,10,13,16,19,21-22,24-25,28,42H,4-6,8-9,11-12,14-15,17-18,20,23,26-27,29-41H2,1-3H3/b10-7-,16-13-,21-19-,24-22-,28-25-. The summed E-state index contributed by atoms with van der Waals surface area (Å²) in [6.45, 7) is 6.36. The van der Waals surface area contributed by atoms with Crippen LogP contribution in [0.2, 0.25) is 0 Å². The quantitative estimate of drug-likeness (QED) is 0.0211. The molecule has 0 aliphatic carbocycles. The lowest BCUT2D eigenvalue weighted by Crippen LogP contribution is -2.30. The molecule has 0 rings (SSSR count). The molecule has 0 spiro atoms. The Morgan fingerprint density at radius 3 is 1.35 bits per heavy atom. The van der Waals surface area contributed by atoms with Crippen LogP contribution in [0.5, 0.6) is 0 Å². The number of hydrogen-bond donors (Lipinski definition) is 0. The average molecular weight is 713 g/mol. The Bertz CT molecular complexity index is 960. The molecule has 0 aromatic carbocycles. The maximum absolute atomic E-state index is 12.6. The highest BCUT2D eigenvalue weighted by Crippen LogP contribution is 2.13. The molecule has 0 fully saturated rings. The molecule has 292 valence electrons. The van der Waals surface area contributed by atoms with Crippen LogP contribution < -0.4 is 0 Å². The molecule has 0 saturated heterocycles. The fourth-order valence-electron chi connectivity index (χ4n) is 5.45. The van der Waals surface area contributed by atoms with Gasteiger partial charge in [-0.05, 0) is 57.8 Å². The molecule has 0 aromatic heterocycles. The summed E-state index contributed by atoms with van der Waals surface area (Å²) >= 11 is 0. The minimum Gasteiger partial charge on any atom is -0.462 e. The van der Waals surface area contributed by atoms with E-state index in [-0.39, 0.29) is 31.1 Å². The summed E-state index contributed by atoms with van der Waals surface area (Å²) in [5.41, 5.74) is 0. The van der Waals surface area contributed by atoms with Crippen molar-refractivity contribution in [3.8, 4) is 0 Å². The highest BCUT2D eigenvalue weighted by atomic mass is 16.6. The summed E-state index contributed by atoms with van der Waals surface area (Å²) in [6, 6.07) is 0. The highest BCUT2D eigenvalue weighted by Gasteiger charge is 2.19. The van der Waals surface area contributed by atoms with Crippen LogP contribution in [-0.4, -0.2) is 37.2 Å². The van der Waals surface area contributed by atoms with Crippen LogP contribution in [0.3, 0.4) is 0 Å². The molecule has 1 atom stereocenters. The van der Waals surface area contributed by atoms with Crippen molar-refractivity contribution >= 4 is 17.9 Å². The highest BCUT2D eigenvalue weighted by molar-refractivity contribution is 5.71. The first-order chi connectivity index (χ1) is 25.0. The van der Waals surface area contributed by atoms with Gasteiger partial charge in [0.15, 0.2) is 6.10 Å². The van der Waals surface area contributed by atoms with E-state index in [4.69, 9.17) is 14.2 Å². The molecule has 6 heteroatoms. The van der Waals surface area contributed by atoms with Crippen molar-refractivity contribution < 1.29 is 28.6 Å². The van der Waals surface area contributed by atoms with Crippen molar-refractivity contribution in [2.75, 3.05) is 13.2 Å². The molecule has 0 bridgehead atoms. The summed E-state index contributed by atoms with van der Waals surface area (Å²) < 4.78 is 16.6. The molecule has 0 heterocycles. The average Bonchev–Trinajstić information content (AvgIpc) is 3.12. The van der Waals surface area contributed by atoms with Gasteiger partial charge in [-0.1, -0.05) is 171 Å². The van der Waals surface area contributed by atoms with Gasteiger partial charge >= 0.3 is 17.9 Å². The number of hydrogen-bond acceptors (Lipinski definition) is 6. The Balaban J connectivity index is 4.47. The molecule has 1 unspecified atom stereocenters. The summed E-state index contributed by atoms with van der Waals surface area (Å²) in [5, 5.41) is 0. The molecular formula is C45H76O6. The number of carbonyl (C=O) groups is 3. The molecule has 51 heavy (non-hydrogen) atoms. The van der Waals surface area contributed by atoms with E-state index in [1.807, 2.05) is 36.5 Å². The third-order valence-electron chi connectivity index (χ3n) is 8.60. The predicted octanol–water partition coefficient (Wildman–Crippen LogP) is 13.0. The molecule has 0 amide bonds. The van der Waals surface area contributed by atoms with Crippen molar-refractivity contribution in [3.63, 3.8) is 0 Å². The minimum absolute atomic E-state index is 0.102. The lowest BCUT2D eigenvalue weighted by molar-refractivity contribution is -0.167. The predicted molar refractivity (Wildman–Crippen MR) is 215 cm³/mol. The van der Waals surface area contributed by atoms with Gasteiger partial charge in [-0.3, -0.25) is 14.4 Å². The molecule has 0 aliphatic rings. The van der Waals surface area contributed by atoms with Gasteiger partial charge in [0.1, 0.15) is 13.2 Å². The van der Waals surface area contributed by atoms with Crippen LogP contribution in [0.15, 0.2) is 60.8 Å². The lowest BCUT2D eigenvalue weighted by Gasteiger charge is -2.18. The Morgan fingerprint density at radius 2 is 0.804 bits per heavy atom. The van der Waals surface area contributed by atoms with Crippen molar-refractivity contribution in [3.05, 3.63) is 60.8 Å². The van der Waals surface area contributed by atoms with E-state index >= 15 is 0 Å². The lowest BCUT2D eigenvalue weighted by atomic mass is 10.1. The topological polar surface area (TPSA) is 78.9 Å². The van der Waals surface area contributed by atoms with Crippen LogP contribution >= 0.6 is 0 Å². The van der Waals surface area contributed by atoms with Crippen LogP contribution in [0.1, 0.15) is 188 Å². The first-order valence-corrected chi connectivity index (χ1v) is 20.8. The Hall–Kier alpha value is -2.89. The normalized spacial score (nSPS) is 12.6. The smallest absolute Gasteiger partial charge is 0.306 e.